The van der Waals surface area contributed by atoms with Gasteiger partial charge in [-0.1, -0.05) is 42.5 Å². The Morgan fingerprint density at radius 1 is 1.00 bits per heavy atom. The first-order chi connectivity index (χ1) is 10.5. The van der Waals surface area contributed by atoms with Crippen LogP contribution in [0.3, 0.4) is 0 Å². The van der Waals surface area contributed by atoms with Crippen LogP contribution in [0, 0.1) is 11.7 Å². The molecule has 22 heavy (non-hydrogen) atoms. The van der Waals surface area contributed by atoms with Gasteiger partial charge < -0.3 is 16.6 Å². The fourth-order valence-corrected chi connectivity index (χ4v) is 2.73. The van der Waals surface area contributed by atoms with Crippen molar-refractivity contribution in [1.29, 1.82) is 0 Å². The number of nitrogens with two attached hydrogens (primary N) is 2. The van der Waals surface area contributed by atoms with E-state index >= 15 is 0 Å². The maximum absolute atomic E-state index is 13.3. The molecule has 0 amide bonds. The Hall–Kier alpha value is -1.75. The average Bonchev–Trinajstić information content (AvgIpc) is 2.52. The van der Waals surface area contributed by atoms with Crippen molar-refractivity contribution in [1.82, 2.24) is 0 Å². The Morgan fingerprint density at radius 3 is 2.23 bits per heavy atom. The van der Waals surface area contributed by atoms with Crippen molar-refractivity contribution in [3.05, 3.63) is 71.5 Å². The van der Waals surface area contributed by atoms with Crippen molar-refractivity contribution in [3.8, 4) is 0 Å². The molecule has 0 spiro atoms. The van der Waals surface area contributed by atoms with Crippen molar-refractivity contribution in [2.24, 2.45) is 17.4 Å². The highest BCUT2D eigenvalue weighted by molar-refractivity contribution is 5.22. The van der Waals surface area contributed by atoms with Crippen LogP contribution in [-0.4, -0.2) is 11.2 Å². The smallest absolute Gasteiger partial charge is 0.123 e. The second kappa shape index (κ2) is 7.49. The predicted octanol–water partition coefficient (Wildman–Crippen LogP) is 2.91. The van der Waals surface area contributed by atoms with Crippen LogP contribution in [0.25, 0.3) is 0 Å². The lowest BCUT2D eigenvalue weighted by Gasteiger charge is -2.29. The van der Waals surface area contributed by atoms with E-state index in [2.05, 4.69) is 0 Å². The largest absolute Gasteiger partial charge is 0.393 e. The lowest BCUT2D eigenvalue weighted by Crippen LogP contribution is -2.32. The summed E-state index contributed by atoms with van der Waals surface area (Å²) < 4.78 is 13.3. The lowest BCUT2D eigenvalue weighted by atomic mass is 9.83. The second-order valence-corrected chi connectivity index (χ2v) is 5.74. The van der Waals surface area contributed by atoms with E-state index in [9.17, 15) is 9.50 Å². The Morgan fingerprint density at radius 2 is 1.64 bits per heavy atom. The Labute approximate surface area is 130 Å². The fourth-order valence-electron chi connectivity index (χ4n) is 2.73. The highest BCUT2D eigenvalue weighted by Crippen LogP contribution is 2.30. The zero-order valence-electron chi connectivity index (χ0n) is 12.7. The molecule has 0 fully saturated rings. The molecule has 2 unspecified atom stereocenters. The molecule has 0 aliphatic carbocycles. The lowest BCUT2D eigenvalue weighted by molar-refractivity contribution is 0.0987. The molecule has 5 N–H and O–H groups in total. The molecule has 4 heteroatoms. The third-order valence-corrected chi connectivity index (χ3v) is 4.07. The molecule has 3 nitrogen and oxygen atoms in total. The van der Waals surface area contributed by atoms with E-state index in [0.29, 0.717) is 12.0 Å². The minimum atomic E-state index is -0.602. The second-order valence-electron chi connectivity index (χ2n) is 5.74. The molecule has 118 valence electrons. The summed E-state index contributed by atoms with van der Waals surface area (Å²) in [7, 11) is 0. The standard InChI is InChI=1S/C18H23FN2O/c1-12(22)16(18(21)13-6-3-2-4-7-13)11-17(20)14-8-5-9-15(19)10-14/h2-10,12,16-18,22H,11,20-21H2,1H3/t12-,16-,17?,18?/m1/s1. The van der Waals surface area contributed by atoms with Crippen LogP contribution in [0.15, 0.2) is 54.6 Å². The summed E-state index contributed by atoms with van der Waals surface area (Å²) >= 11 is 0. The van der Waals surface area contributed by atoms with Crippen LogP contribution < -0.4 is 11.5 Å². The minimum Gasteiger partial charge on any atom is -0.393 e. The molecule has 0 radical (unpaired) electrons. The summed E-state index contributed by atoms with van der Waals surface area (Å²) in [6, 6.07) is 15.2. The molecule has 2 aromatic rings. The number of hydrogen-bond donors (Lipinski definition) is 3. The van der Waals surface area contributed by atoms with E-state index in [4.69, 9.17) is 11.5 Å². The molecule has 0 saturated heterocycles. The maximum Gasteiger partial charge on any atom is 0.123 e. The number of rotatable bonds is 6. The topological polar surface area (TPSA) is 72.3 Å². The van der Waals surface area contributed by atoms with Crippen molar-refractivity contribution < 1.29 is 9.50 Å². The molecule has 0 bridgehead atoms. The van der Waals surface area contributed by atoms with Gasteiger partial charge in [-0.15, -0.1) is 0 Å². The molecule has 2 rings (SSSR count). The van der Waals surface area contributed by atoms with Gasteiger partial charge in [0.15, 0.2) is 0 Å². The Balaban J connectivity index is 2.15. The van der Waals surface area contributed by atoms with Crippen molar-refractivity contribution >= 4 is 0 Å². The average molecular weight is 302 g/mol. The monoisotopic (exact) mass is 302 g/mol. The van der Waals surface area contributed by atoms with E-state index in [0.717, 1.165) is 5.56 Å². The van der Waals surface area contributed by atoms with Gasteiger partial charge in [-0.3, -0.25) is 0 Å². The van der Waals surface area contributed by atoms with Crippen LogP contribution in [-0.2, 0) is 0 Å². The van der Waals surface area contributed by atoms with Gasteiger partial charge in [-0.25, -0.2) is 4.39 Å². The Kier molecular flexibility index (Phi) is 5.66. The zero-order valence-corrected chi connectivity index (χ0v) is 12.7. The first-order valence-corrected chi connectivity index (χ1v) is 7.48. The number of aliphatic hydroxyl groups is 1. The molecule has 0 heterocycles. The molecule has 0 aliphatic heterocycles. The molecular weight excluding hydrogens is 279 g/mol. The van der Waals surface area contributed by atoms with Gasteiger partial charge in [0, 0.05) is 18.0 Å². The molecular formula is C18H23FN2O. The van der Waals surface area contributed by atoms with E-state index in [1.807, 2.05) is 30.3 Å². The highest BCUT2D eigenvalue weighted by atomic mass is 19.1. The highest BCUT2D eigenvalue weighted by Gasteiger charge is 2.26. The van der Waals surface area contributed by atoms with Crippen LogP contribution in [0.2, 0.25) is 0 Å². The third kappa shape index (κ3) is 4.13. The number of aliphatic hydroxyl groups excluding tert-OH is 1. The van der Waals surface area contributed by atoms with Gasteiger partial charge in [-0.2, -0.15) is 0 Å². The molecule has 0 aliphatic rings. The van der Waals surface area contributed by atoms with Crippen LogP contribution in [0.5, 0.6) is 0 Å². The number of halogens is 1. The summed E-state index contributed by atoms with van der Waals surface area (Å²) in [5.74, 6) is -0.519. The third-order valence-electron chi connectivity index (χ3n) is 4.07. The minimum absolute atomic E-state index is 0.208. The van der Waals surface area contributed by atoms with Gasteiger partial charge in [0.1, 0.15) is 5.82 Å². The normalized spacial score (nSPS) is 16.8. The number of hydrogen-bond acceptors (Lipinski definition) is 3. The first-order valence-electron chi connectivity index (χ1n) is 7.48. The quantitative estimate of drug-likeness (QED) is 0.768. The first kappa shape index (κ1) is 16.6. The Bertz CT molecular complexity index is 589. The van der Waals surface area contributed by atoms with E-state index in [-0.39, 0.29) is 23.8 Å². The maximum atomic E-state index is 13.3. The zero-order chi connectivity index (χ0) is 16.1. The summed E-state index contributed by atoms with van der Waals surface area (Å²) in [6.45, 7) is 1.71. The van der Waals surface area contributed by atoms with Crippen LogP contribution >= 0.6 is 0 Å². The van der Waals surface area contributed by atoms with Crippen molar-refractivity contribution in [2.45, 2.75) is 31.5 Å². The van der Waals surface area contributed by atoms with E-state index in [1.54, 1.807) is 19.1 Å². The van der Waals surface area contributed by atoms with Gasteiger partial charge in [0.05, 0.1) is 6.10 Å². The van der Waals surface area contributed by atoms with Crippen molar-refractivity contribution in [3.63, 3.8) is 0 Å². The van der Waals surface area contributed by atoms with Gasteiger partial charge in [0.2, 0.25) is 0 Å². The van der Waals surface area contributed by atoms with Gasteiger partial charge >= 0.3 is 0 Å². The molecule has 4 atom stereocenters. The molecule has 0 saturated carbocycles. The summed E-state index contributed by atoms with van der Waals surface area (Å²) in [4.78, 5) is 0. The van der Waals surface area contributed by atoms with Crippen LogP contribution in [0.4, 0.5) is 4.39 Å². The number of benzene rings is 2. The summed E-state index contributed by atoms with van der Waals surface area (Å²) in [5.41, 5.74) is 14.2. The van der Waals surface area contributed by atoms with Gasteiger partial charge in [0.25, 0.3) is 0 Å². The van der Waals surface area contributed by atoms with Crippen molar-refractivity contribution in [2.75, 3.05) is 0 Å². The summed E-state index contributed by atoms with van der Waals surface area (Å²) in [6.07, 6.45) is -0.119. The fraction of sp³-hybridized carbons (Fsp3) is 0.333. The SMILES string of the molecule is C[C@@H](O)[C@@H](CC(N)c1cccc(F)c1)C(N)c1ccccc1. The van der Waals surface area contributed by atoms with E-state index < -0.39 is 6.10 Å². The van der Waals surface area contributed by atoms with Crippen LogP contribution in [0.1, 0.15) is 36.6 Å². The molecule has 2 aromatic carbocycles. The van der Waals surface area contributed by atoms with Gasteiger partial charge in [-0.05, 0) is 36.6 Å². The molecule has 0 aromatic heterocycles. The predicted molar refractivity (Wildman–Crippen MR) is 86.5 cm³/mol. The van der Waals surface area contributed by atoms with E-state index in [1.165, 1.54) is 12.1 Å². The summed E-state index contributed by atoms with van der Waals surface area (Å²) in [5, 5.41) is 10.1.